The molecule has 0 fully saturated rings. The van der Waals surface area contributed by atoms with Crippen LogP contribution < -0.4 is 5.73 Å². The van der Waals surface area contributed by atoms with Crippen LogP contribution in [0.1, 0.15) is 23.9 Å². The number of amides is 1. The molecule has 3 rings (SSSR count). The van der Waals surface area contributed by atoms with Crippen LogP contribution in [0, 0.1) is 0 Å². The number of aromatic amines is 1. The first kappa shape index (κ1) is 17.4. The van der Waals surface area contributed by atoms with E-state index in [0.29, 0.717) is 36.8 Å². The van der Waals surface area contributed by atoms with Crippen LogP contribution in [0.15, 0.2) is 48.5 Å². The van der Waals surface area contributed by atoms with Crippen molar-refractivity contribution in [3.63, 3.8) is 0 Å². The van der Waals surface area contributed by atoms with Crippen LogP contribution >= 0.6 is 11.6 Å². The zero-order valence-electron chi connectivity index (χ0n) is 13.6. The number of rotatable bonds is 8. The first-order valence-electron chi connectivity index (χ1n) is 7.95. The summed E-state index contributed by atoms with van der Waals surface area (Å²) in [6.45, 7) is 0.702. The maximum absolute atomic E-state index is 11.2. The van der Waals surface area contributed by atoms with Crippen molar-refractivity contribution in [2.24, 2.45) is 5.73 Å². The summed E-state index contributed by atoms with van der Waals surface area (Å²) in [4.78, 5) is 24.3. The van der Waals surface area contributed by atoms with E-state index in [1.807, 2.05) is 36.4 Å². The summed E-state index contributed by atoms with van der Waals surface area (Å²) in [5.41, 5.74) is 8.82. The van der Waals surface area contributed by atoms with Crippen molar-refractivity contribution in [2.45, 2.75) is 19.1 Å². The molecule has 0 radical (unpaired) electrons. The Hall–Kier alpha value is -2.41. The number of fused-ring (bicyclic) bond motifs is 1. The number of benzene rings is 2. The Morgan fingerprint density at radius 3 is 2.84 bits per heavy atom. The van der Waals surface area contributed by atoms with Crippen molar-refractivity contribution in [3.05, 3.63) is 64.9 Å². The van der Waals surface area contributed by atoms with E-state index in [1.165, 1.54) is 5.06 Å². The summed E-state index contributed by atoms with van der Waals surface area (Å²) < 4.78 is 0. The second-order valence-electron chi connectivity index (χ2n) is 5.68. The monoisotopic (exact) mass is 358 g/mol. The SMILES string of the molecule is NC(CCN(C=O)OCc1ccccc1)c1nc2ccc(Cl)cc2[nH]1. The Morgan fingerprint density at radius 1 is 1.28 bits per heavy atom. The van der Waals surface area contributed by atoms with E-state index in [2.05, 4.69) is 9.97 Å². The van der Waals surface area contributed by atoms with Gasteiger partial charge in [0.05, 0.1) is 23.6 Å². The molecule has 3 N–H and O–H groups in total. The maximum atomic E-state index is 11.2. The molecule has 1 amide bonds. The van der Waals surface area contributed by atoms with E-state index in [0.717, 1.165) is 16.6 Å². The molecule has 1 aromatic heterocycles. The fourth-order valence-corrected chi connectivity index (χ4v) is 2.63. The summed E-state index contributed by atoms with van der Waals surface area (Å²) in [5, 5.41) is 1.89. The Bertz CT molecular complexity index is 837. The second-order valence-corrected chi connectivity index (χ2v) is 6.12. The Balaban J connectivity index is 1.55. The molecule has 130 valence electrons. The smallest absolute Gasteiger partial charge is 0.233 e. The molecule has 1 atom stereocenters. The van der Waals surface area contributed by atoms with Gasteiger partial charge in [-0.15, -0.1) is 0 Å². The number of halogens is 1. The lowest BCUT2D eigenvalue weighted by atomic mass is 10.2. The zero-order valence-corrected chi connectivity index (χ0v) is 14.3. The van der Waals surface area contributed by atoms with Gasteiger partial charge in [-0.05, 0) is 30.2 Å². The minimum atomic E-state index is -0.339. The van der Waals surface area contributed by atoms with Crippen LogP contribution in [0.4, 0.5) is 0 Å². The third-order valence-electron chi connectivity index (χ3n) is 3.83. The van der Waals surface area contributed by atoms with Crippen LogP contribution in [-0.4, -0.2) is 28.0 Å². The highest BCUT2D eigenvalue weighted by Gasteiger charge is 2.14. The number of hydrogen-bond donors (Lipinski definition) is 2. The van der Waals surface area contributed by atoms with Gasteiger partial charge in [0, 0.05) is 5.02 Å². The molecule has 6 nitrogen and oxygen atoms in total. The molecule has 25 heavy (non-hydrogen) atoms. The highest BCUT2D eigenvalue weighted by molar-refractivity contribution is 6.31. The van der Waals surface area contributed by atoms with Crippen LogP contribution in [0.3, 0.4) is 0 Å². The Labute approximate surface area is 150 Å². The Kier molecular flexibility index (Phi) is 5.65. The van der Waals surface area contributed by atoms with Crippen molar-refractivity contribution in [1.82, 2.24) is 15.0 Å². The fourth-order valence-electron chi connectivity index (χ4n) is 2.46. The van der Waals surface area contributed by atoms with E-state index in [9.17, 15) is 4.79 Å². The maximum Gasteiger partial charge on any atom is 0.233 e. The molecule has 0 aliphatic carbocycles. The number of nitrogens with one attached hydrogen (secondary N) is 1. The summed E-state index contributed by atoms with van der Waals surface area (Å²) in [6.07, 6.45) is 1.18. The predicted octanol–water partition coefficient (Wildman–Crippen LogP) is 3.20. The standard InChI is InChI=1S/C18H19ClN4O2/c19-14-6-7-16-17(10-14)22-18(21-16)15(20)8-9-23(12-24)25-11-13-4-2-1-3-5-13/h1-7,10,12,15H,8-9,11,20H2,(H,21,22). The molecule has 2 aromatic carbocycles. The molecule has 0 saturated carbocycles. The average molecular weight is 359 g/mol. The lowest BCUT2D eigenvalue weighted by molar-refractivity contribution is -0.177. The van der Waals surface area contributed by atoms with Crippen molar-refractivity contribution in [2.75, 3.05) is 6.54 Å². The number of H-pyrrole nitrogens is 1. The molecule has 0 spiro atoms. The van der Waals surface area contributed by atoms with Crippen molar-refractivity contribution in [1.29, 1.82) is 0 Å². The van der Waals surface area contributed by atoms with Gasteiger partial charge in [0.15, 0.2) is 0 Å². The number of carbonyl (C=O) groups is 1. The van der Waals surface area contributed by atoms with Gasteiger partial charge in [0.1, 0.15) is 12.4 Å². The van der Waals surface area contributed by atoms with E-state index in [-0.39, 0.29) is 6.04 Å². The van der Waals surface area contributed by atoms with E-state index in [4.69, 9.17) is 22.2 Å². The highest BCUT2D eigenvalue weighted by Crippen LogP contribution is 2.20. The second kappa shape index (κ2) is 8.11. The molecule has 1 unspecified atom stereocenters. The zero-order chi connectivity index (χ0) is 17.6. The normalized spacial score (nSPS) is 12.2. The molecule has 0 aliphatic heterocycles. The van der Waals surface area contributed by atoms with E-state index in [1.54, 1.807) is 12.1 Å². The van der Waals surface area contributed by atoms with Gasteiger partial charge in [-0.2, -0.15) is 0 Å². The molecule has 7 heteroatoms. The van der Waals surface area contributed by atoms with Gasteiger partial charge < -0.3 is 10.7 Å². The minimum Gasteiger partial charge on any atom is -0.341 e. The molecule has 3 aromatic rings. The van der Waals surface area contributed by atoms with Crippen LogP contribution in [0.25, 0.3) is 11.0 Å². The van der Waals surface area contributed by atoms with Crippen molar-refractivity contribution in [3.8, 4) is 0 Å². The Morgan fingerprint density at radius 2 is 2.08 bits per heavy atom. The number of nitrogens with zero attached hydrogens (tertiary/aromatic N) is 2. The largest absolute Gasteiger partial charge is 0.341 e. The first-order chi connectivity index (χ1) is 12.2. The minimum absolute atomic E-state index is 0.331. The van der Waals surface area contributed by atoms with Crippen LogP contribution in [0.2, 0.25) is 5.02 Å². The summed E-state index contributed by atoms with van der Waals surface area (Å²) in [6, 6.07) is 14.7. The summed E-state index contributed by atoms with van der Waals surface area (Å²) in [7, 11) is 0. The number of hydroxylamine groups is 2. The van der Waals surface area contributed by atoms with Crippen LogP contribution in [-0.2, 0) is 16.2 Å². The lowest BCUT2D eigenvalue weighted by Gasteiger charge is -2.18. The average Bonchev–Trinajstić information content (AvgIpc) is 3.05. The lowest BCUT2D eigenvalue weighted by Crippen LogP contribution is -2.27. The number of nitrogens with two attached hydrogens (primary N) is 1. The highest BCUT2D eigenvalue weighted by atomic mass is 35.5. The van der Waals surface area contributed by atoms with Crippen molar-refractivity contribution >= 4 is 29.0 Å². The van der Waals surface area contributed by atoms with Gasteiger partial charge in [0.2, 0.25) is 6.41 Å². The fraction of sp³-hybridized carbons (Fsp3) is 0.222. The molecule has 1 heterocycles. The van der Waals surface area contributed by atoms with Crippen LogP contribution in [0.5, 0.6) is 0 Å². The molecular formula is C18H19ClN4O2. The van der Waals surface area contributed by atoms with Gasteiger partial charge in [-0.1, -0.05) is 41.9 Å². The summed E-state index contributed by atoms with van der Waals surface area (Å²) in [5.74, 6) is 0.658. The molecule has 0 bridgehead atoms. The quantitative estimate of drug-likeness (QED) is 0.478. The third kappa shape index (κ3) is 4.57. The summed E-state index contributed by atoms with van der Waals surface area (Å²) >= 11 is 5.97. The first-order valence-corrected chi connectivity index (χ1v) is 8.33. The van der Waals surface area contributed by atoms with Gasteiger partial charge >= 0.3 is 0 Å². The molecule has 0 saturated heterocycles. The number of hydrogen-bond acceptors (Lipinski definition) is 4. The molecular weight excluding hydrogens is 340 g/mol. The van der Waals surface area contributed by atoms with Gasteiger partial charge in [-0.25, -0.2) is 10.0 Å². The molecule has 0 aliphatic rings. The third-order valence-corrected chi connectivity index (χ3v) is 4.07. The van der Waals surface area contributed by atoms with E-state index < -0.39 is 0 Å². The van der Waals surface area contributed by atoms with E-state index >= 15 is 0 Å². The topological polar surface area (TPSA) is 84.2 Å². The number of imidazole rings is 1. The number of carbonyl (C=O) groups excluding carboxylic acids is 1. The van der Waals surface area contributed by atoms with Gasteiger partial charge in [0.25, 0.3) is 0 Å². The number of aromatic nitrogens is 2. The van der Waals surface area contributed by atoms with Gasteiger partial charge in [-0.3, -0.25) is 9.63 Å². The van der Waals surface area contributed by atoms with Crippen molar-refractivity contribution < 1.29 is 9.63 Å². The predicted molar refractivity (Wildman–Crippen MR) is 96.7 cm³/mol.